The first-order valence-corrected chi connectivity index (χ1v) is 8.56. The Morgan fingerprint density at radius 2 is 1.91 bits per heavy atom. The third-order valence-electron chi connectivity index (χ3n) is 3.49. The van der Waals surface area contributed by atoms with Crippen molar-refractivity contribution in [2.24, 2.45) is 0 Å². The second-order valence-corrected chi connectivity index (χ2v) is 6.31. The first-order chi connectivity index (χ1) is 10.6. The highest BCUT2D eigenvalue weighted by molar-refractivity contribution is 7.99. The monoisotopic (exact) mass is 325 g/mol. The fraction of sp³-hybridized carbons (Fsp3) is 0.500. The number of carbonyl (C=O) groups is 2. The van der Waals surface area contributed by atoms with E-state index in [4.69, 9.17) is 4.74 Å². The zero-order chi connectivity index (χ0) is 15.8. The third kappa shape index (κ3) is 6.05. The van der Waals surface area contributed by atoms with Crippen LogP contribution in [0.3, 0.4) is 0 Å². The molecule has 1 amide bonds. The normalized spacial score (nSPS) is 14.8. The summed E-state index contributed by atoms with van der Waals surface area (Å²) in [4.78, 5) is 23.1. The predicted octanol–water partition coefficient (Wildman–Crippen LogP) is 2.66. The van der Waals surface area contributed by atoms with Crippen molar-refractivity contribution in [1.29, 1.82) is 0 Å². The van der Waals surface area contributed by atoms with Crippen LogP contribution in [0.15, 0.2) is 24.3 Å². The van der Waals surface area contributed by atoms with Gasteiger partial charge in [0.05, 0.1) is 5.75 Å². The summed E-state index contributed by atoms with van der Waals surface area (Å²) in [6.45, 7) is -0.216. The van der Waals surface area contributed by atoms with Crippen molar-refractivity contribution in [3.8, 4) is 0 Å². The molecule has 1 aromatic carbocycles. The van der Waals surface area contributed by atoms with Gasteiger partial charge in [-0.3, -0.25) is 9.59 Å². The summed E-state index contributed by atoms with van der Waals surface area (Å²) in [5.41, 5.74) is 0.943. The zero-order valence-electron chi connectivity index (χ0n) is 12.3. The van der Waals surface area contributed by atoms with Gasteiger partial charge >= 0.3 is 5.97 Å². The molecular weight excluding hydrogens is 305 g/mol. The van der Waals surface area contributed by atoms with Crippen molar-refractivity contribution in [1.82, 2.24) is 5.32 Å². The molecule has 120 valence electrons. The molecule has 1 saturated carbocycles. The molecule has 0 radical (unpaired) electrons. The van der Waals surface area contributed by atoms with Gasteiger partial charge in [-0.25, -0.2) is 4.39 Å². The Labute approximate surface area is 133 Å². The van der Waals surface area contributed by atoms with Crippen LogP contribution in [0.5, 0.6) is 0 Å². The van der Waals surface area contributed by atoms with E-state index in [1.165, 1.54) is 23.9 Å². The van der Waals surface area contributed by atoms with Crippen LogP contribution in [0, 0.1) is 5.82 Å². The quantitative estimate of drug-likeness (QED) is 0.783. The summed E-state index contributed by atoms with van der Waals surface area (Å²) < 4.78 is 17.7. The van der Waals surface area contributed by atoms with E-state index in [1.807, 2.05) is 0 Å². The number of rotatable bonds is 7. The average molecular weight is 325 g/mol. The number of esters is 1. The van der Waals surface area contributed by atoms with Gasteiger partial charge < -0.3 is 10.1 Å². The van der Waals surface area contributed by atoms with Gasteiger partial charge in [0, 0.05) is 11.8 Å². The minimum atomic E-state index is -0.409. The Balaban J connectivity index is 1.57. The largest absolute Gasteiger partial charge is 0.455 e. The number of hydrogen-bond donors (Lipinski definition) is 1. The molecule has 0 aliphatic heterocycles. The highest BCUT2D eigenvalue weighted by atomic mass is 32.2. The molecule has 0 bridgehead atoms. The fourth-order valence-corrected chi connectivity index (χ4v) is 3.14. The van der Waals surface area contributed by atoms with E-state index in [9.17, 15) is 14.0 Å². The van der Waals surface area contributed by atoms with Crippen LogP contribution in [0.1, 0.15) is 31.2 Å². The van der Waals surface area contributed by atoms with Crippen molar-refractivity contribution in [2.75, 3.05) is 12.4 Å². The van der Waals surface area contributed by atoms with Gasteiger partial charge in [-0.15, -0.1) is 11.8 Å². The lowest BCUT2D eigenvalue weighted by molar-refractivity contribution is -0.146. The van der Waals surface area contributed by atoms with Crippen LogP contribution in [0.4, 0.5) is 4.39 Å². The van der Waals surface area contributed by atoms with Crippen LogP contribution in [0.2, 0.25) is 0 Å². The maximum atomic E-state index is 12.7. The summed E-state index contributed by atoms with van der Waals surface area (Å²) >= 11 is 1.38. The van der Waals surface area contributed by atoms with Gasteiger partial charge in [-0.2, -0.15) is 0 Å². The van der Waals surface area contributed by atoms with Crippen LogP contribution in [0.25, 0.3) is 0 Å². The molecule has 4 nitrogen and oxygen atoms in total. The minimum absolute atomic E-state index is 0.175. The third-order valence-corrected chi connectivity index (χ3v) is 4.46. The summed E-state index contributed by atoms with van der Waals surface area (Å²) in [6.07, 6.45) is 4.30. The van der Waals surface area contributed by atoms with E-state index in [1.54, 1.807) is 12.1 Å². The van der Waals surface area contributed by atoms with E-state index in [2.05, 4.69) is 5.32 Å². The van der Waals surface area contributed by atoms with Crippen molar-refractivity contribution in [3.05, 3.63) is 35.6 Å². The molecule has 0 aromatic heterocycles. The first-order valence-electron chi connectivity index (χ1n) is 7.40. The lowest BCUT2D eigenvalue weighted by Gasteiger charge is -2.11. The van der Waals surface area contributed by atoms with Crippen molar-refractivity contribution in [3.63, 3.8) is 0 Å². The molecular formula is C16H20FNO3S. The molecule has 0 saturated heterocycles. The molecule has 2 rings (SSSR count). The minimum Gasteiger partial charge on any atom is -0.455 e. The Kier molecular flexibility index (Phi) is 6.71. The molecule has 1 fully saturated rings. The highest BCUT2D eigenvalue weighted by Crippen LogP contribution is 2.17. The van der Waals surface area contributed by atoms with E-state index < -0.39 is 5.97 Å². The van der Waals surface area contributed by atoms with Crippen LogP contribution >= 0.6 is 11.8 Å². The second-order valence-electron chi connectivity index (χ2n) is 5.33. The summed E-state index contributed by atoms with van der Waals surface area (Å²) in [5, 5.41) is 2.86. The molecule has 0 unspecified atom stereocenters. The molecule has 6 heteroatoms. The number of halogens is 1. The number of hydrogen-bond acceptors (Lipinski definition) is 4. The van der Waals surface area contributed by atoms with Crippen LogP contribution in [-0.2, 0) is 20.1 Å². The SMILES string of the molecule is O=C(COC(=O)CSCc1ccc(F)cc1)NC1CCCC1. The number of thioether (sulfide) groups is 1. The Hall–Kier alpha value is -1.56. The molecule has 1 aliphatic carbocycles. The second kappa shape index (κ2) is 8.78. The Bertz CT molecular complexity index is 501. The molecule has 1 aromatic rings. The number of benzene rings is 1. The first kappa shape index (κ1) is 16.8. The Morgan fingerprint density at radius 1 is 1.23 bits per heavy atom. The zero-order valence-corrected chi connectivity index (χ0v) is 13.2. The van der Waals surface area contributed by atoms with E-state index >= 15 is 0 Å². The summed E-state index contributed by atoms with van der Waals surface area (Å²) in [5.74, 6) is -0.142. The number of carbonyl (C=O) groups excluding carboxylic acids is 2. The summed E-state index contributed by atoms with van der Waals surface area (Å²) in [6, 6.07) is 6.38. The number of amides is 1. The fourth-order valence-electron chi connectivity index (χ4n) is 2.36. The molecule has 1 N–H and O–H groups in total. The highest BCUT2D eigenvalue weighted by Gasteiger charge is 2.17. The number of ether oxygens (including phenoxy) is 1. The average Bonchev–Trinajstić information content (AvgIpc) is 3.00. The van der Waals surface area contributed by atoms with Gasteiger partial charge in [-0.05, 0) is 30.5 Å². The van der Waals surface area contributed by atoms with E-state index in [-0.39, 0.29) is 30.1 Å². The molecule has 22 heavy (non-hydrogen) atoms. The van der Waals surface area contributed by atoms with Gasteiger partial charge in [0.2, 0.25) is 0 Å². The Morgan fingerprint density at radius 3 is 2.59 bits per heavy atom. The van der Waals surface area contributed by atoms with Crippen molar-refractivity contribution >= 4 is 23.6 Å². The van der Waals surface area contributed by atoms with E-state index in [0.29, 0.717) is 5.75 Å². The molecule has 1 aliphatic rings. The molecule has 0 atom stereocenters. The lowest BCUT2D eigenvalue weighted by Crippen LogP contribution is -2.36. The van der Waals surface area contributed by atoms with Crippen molar-refractivity contribution < 1.29 is 18.7 Å². The van der Waals surface area contributed by atoms with Gasteiger partial charge in [-0.1, -0.05) is 25.0 Å². The van der Waals surface area contributed by atoms with Gasteiger partial charge in [0.25, 0.3) is 5.91 Å². The molecule has 0 spiro atoms. The maximum absolute atomic E-state index is 12.7. The molecule has 0 heterocycles. The maximum Gasteiger partial charge on any atom is 0.316 e. The van der Waals surface area contributed by atoms with Crippen molar-refractivity contribution in [2.45, 2.75) is 37.5 Å². The standard InChI is InChI=1S/C16H20FNO3S/c17-13-7-5-12(6-8-13)10-22-11-16(20)21-9-15(19)18-14-3-1-2-4-14/h5-8,14H,1-4,9-11H2,(H,18,19). The summed E-state index contributed by atoms with van der Waals surface area (Å²) in [7, 11) is 0. The van der Waals surface area contributed by atoms with Crippen LogP contribution < -0.4 is 5.32 Å². The van der Waals surface area contributed by atoms with Gasteiger partial charge in [0.1, 0.15) is 5.82 Å². The van der Waals surface area contributed by atoms with E-state index in [0.717, 1.165) is 31.2 Å². The predicted molar refractivity (Wildman–Crippen MR) is 83.9 cm³/mol. The smallest absolute Gasteiger partial charge is 0.316 e. The van der Waals surface area contributed by atoms with Crippen LogP contribution in [-0.4, -0.2) is 30.3 Å². The van der Waals surface area contributed by atoms with Gasteiger partial charge in [0.15, 0.2) is 6.61 Å². The lowest BCUT2D eigenvalue weighted by atomic mass is 10.2. The topological polar surface area (TPSA) is 55.4 Å². The number of nitrogens with one attached hydrogen (secondary N) is 1.